The number of anilines is 1. The van der Waals surface area contributed by atoms with Crippen LogP contribution in [0.15, 0.2) is 60.8 Å². The van der Waals surface area contributed by atoms with Gasteiger partial charge in [-0.3, -0.25) is 4.98 Å². The minimum atomic E-state index is 0.318. The third-order valence-corrected chi connectivity index (χ3v) is 4.53. The van der Waals surface area contributed by atoms with E-state index in [0.717, 1.165) is 40.7 Å². The van der Waals surface area contributed by atoms with Gasteiger partial charge in [0.1, 0.15) is 12.4 Å². The van der Waals surface area contributed by atoms with Crippen molar-refractivity contribution < 1.29 is 9.47 Å². The molecule has 3 aromatic rings. The minimum absolute atomic E-state index is 0.318. The number of ether oxygens (including phenoxy) is 2. The fraction of sp³-hybridized carbons (Fsp3) is 0.348. The number of fused-ring (bicyclic) bond motifs is 1. The molecular formula is C23H29N3O2. The molecule has 3 N–H and O–H groups in total. The second-order valence-electron chi connectivity index (χ2n) is 6.91. The molecule has 0 aliphatic carbocycles. The summed E-state index contributed by atoms with van der Waals surface area (Å²) in [6, 6.07) is 18.5. The Morgan fingerprint density at radius 2 is 1.93 bits per heavy atom. The molecule has 0 amide bonds. The van der Waals surface area contributed by atoms with Gasteiger partial charge in [0.2, 0.25) is 0 Å². The van der Waals surface area contributed by atoms with Crippen LogP contribution in [0.25, 0.3) is 10.9 Å². The molecule has 1 heterocycles. The second kappa shape index (κ2) is 10.6. The number of aromatic nitrogens is 1. The van der Waals surface area contributed by atoms with E-state index in [1.54, 1.807) is 0 Å². The van der Waals surface area contributed by atoms with Crippen LogP contribution in [-0.2, 0) is 11.3 Å². The Balaban J connectivity index is 1.59. The number of nitrogens with zero attached hydrogens (tertiary/aromatic N) is 1. The number of hydrogen-bond donors (Lipinski definition) is 2. The third kappa shape index (κ3) is 5.94. The van der Waals surface area contributed by atoms with Crippen molar-refractivity contribution in [3.63, 3.8) is 0 Å². The van der Waals surface area contributed by atoms with Crippen LogP contribution >= 0.6 is 0 Å². The van der Waals surface area contributed by atoms with E-state index >= 15 is 0 Å². The van der Waals surface area contributed by atoms with Crippen LogP contribution in [0.4, 0.5) is 5.69 Å². The average molecular weight is 380 g/mol. The van der Waals surface area contributed by atoms with Crippen molar-refractivity contribution in [2.24, 2.45) is 5.73 Å². The van der Waals surface area contributed by atoms with Crippen LogP contribution in [0.2, 0.25) is 0 Å². The normalized spacial score (nSPS) is 12.1. The van der Waals surface area contributed by atoms with Crippen molar-refractivity contribution >= 4 is 16.6 Å². The van der Waals surface area contributed by atoms with Crippen molar-refractivity contribution in [2.75, 3.05) is 25.1 Å². The Morgan fingerprint density at radius 3 is 2.75 bits per heavy atom. The SMILES string of the molecule is CC(CCCN)Nc1cc(OCCOCc2ccccc2)cc2cccnc12. The summed E-state index contributed by atoms with van der Waals surface area (Å²) in [6.07, 6.45) is 3.83. The first-order valence-corrected chi connectivity index (χ1v) is 9.86. The van der Waals surface area contributed by atoms with Crippen LogP contribution < -0.4 is 15.8 Å². The summed E-state index contributed by atoms with van der Waals surface area (Å²) < 4.78 is 11.6. The largest absolute Gasteiger partial charge is 0.491 e. The summed E-state index contributed by atoms with van der Waals surface area (Å²) >= 11 is 0. The molecule has 28 heavy (non-hydrogen) atoms. The molecule has 0 saturated heterocycles. The number of hydrogen-bond acceptors (Lipinski definition) is 5. The van der Waals surface area contributed by atoms with Gasteiger partial charge in [0.15, 0.2) is 0 Å². The molecule has 5 heteroatoms. The molecule has 1 unspecified atom stereocenters. The molecule has 1 atom stereocenters. The van der Waals surface area contributed by atoms with E-state index in [1.807, 2.05) is 42.6 Å². The maximum atomic E-state index is 5.94. The summed E-state index contributed by atoms with van der Waals surface area (Å²) in [5, 5.41) is 4.61. The Morgan fingerprint density at radius 1 is 1.07 bits per heavy atom. The predicted octanol–water partition coefficient (Wildman–Crippen LogP) is 4.37. The number of nitrogens with two attached hydrogens (primary N) is 1. The summed E-state index contributed by atoms with van der Waals surface area (Å²) in [5.74, 6) is 0.817. The smallest absolute Gasteiger partial charge is 0.122 e. The van der Waals surface area contributed by atoms with Gasteiger partial charge in [0.05, 0.1) is 24.4 Å². The van der Waals surface area contributed by atoms with Gasteiger partial charge in [-0.05, 0) is 44.0 Å². The zero-order valence-corrected chi connectivity index (χ0v) is 16.4. The van der Waals surface area contributed by atoms with Gasteiger partial charge in [0, 0.05) is 23.7 Å². The summed E-state index contributed by atoms with van der Waals surface area (Å²) in [6.45, 7) is 4.50. The number of benzene rings is 2. The van der Waals surface area contributed by atoms with Crippen LogP contribution in [0.5, 0.6) is 5.75 Å². The Hall–Kier alpha value is -2.63. The Kier molecular flexibility index (Phi) is 7.64. The summed E-state index contributed by atoms with van der Waals surface area (Å²) in [4.78, 5) is 4.53. The standard InChI is InChI=1S/C23H29N3O2/c1-18(7-5-11-24)26-22-16-21(15-20-10-6-12-25-23(20)22)28-14-13-27-17-19-8-3-2-4-9-19/h2-4,6,8-10,12,15-16,18,26H,5,7,11,13-14,17,24H2,1H3. The maximum Gasteiger partial charge on any atom is 0.122 e. The quantitative estimate of drug-likeness (QED) is 0.484. The van der Waals surface area contributed by atoms with Crippen molar-refractivity contribution in [2.45, 2.75) is 32.4 Å². The molecule has 0 bridgehead atoms. The molecule has 148 valence electrons. The Labute approximate surface area is 166 Å². The van der Waals surface area contributed by atoms with Crippen molar-refractivity contribution in [3.05, 3.63) is 66.4 Å². The van der Waals surface area contributed by atoms with Crippen molar-refractivity contribution in [3.8, 4) is 5.75 Å². The third-order valence-electron chi connectivity index (χ3n) is 4.53. The average Bonchev–Trinajstić information content (AvgIpc) is 2.73. The van der Waals surface area contributed by atoms with Gasteiger partial charge in [0.25, 0.3) is 0 Å². The van der Waals surface area contributed by atoms with Crippen LogP contribution in [0, 0.1) is 0 Å². The van der Waals surface area contributed by atoms with E-state index < -0.39 is 0 Å². The first-order valence-electron chi connectivity index (χ1n) is 9.86. The molecule has 1 aromatic heterocycles. The molecule has 0 fully saturated rings. The highest BCUT2D eigenvalue weighted by Crippen LogP contribution is 2.28. The van der Waals surface area contributed by atoms with Crippen molar-refractivity contribution in [1.82, 2.24) is 4.98 Å². The van der Waals surface area contributed by atoms with Crippen LogP contribution in [0.3, 0.4) is 0 Å². The molecule has 0 aliphatic rings. The van der Waals surface area contributed by atoms with Gasteiger partial charge in [-0.25, -0.2) is 0 Å². The van der Waals surface area contributed by atoms with Gasteiger partial charge >= 0.3 is 0 Å². The zero-order chi connectivity index (χ0) is 19.6. The van der Waals surface area contributed by atoms with E-state index in [9.17, 15) is 0 Å². The molecule has 0 aliphatic heterocycles. The highest BCUT2D eigenvalue weighted by Gasteiger charge is 2.09. The fourth-order valence-electron chi connectivity index (χ4n) is 3.10. The van der Waals surface area contributed by atoms with E-state index in [-0.39, 0.29) is 0 Å². The van der Waals surface area contributed by atoms with E-state index in [4.69, 9.17) is 15.2 Å². The van der Waals surface area contributed by atoms with Gasteiger partial charge in [-0.1, -0.05) is 36.4 Å². The summed E-state index contributed by atoms with van der Waals surface area (Å²) in [7, 11) is 0. The first-order chi connectivity index (χ1) is 13.8. The lowest BCUT2D eigenvalue weighted by Gasteiger charge is -2.17. The fourth-order valence-corrected chi connectivity index (χ4v) is 3.10. The number of nitrogens with one attached hydrogen (secondary N) is 1. The van der Waals surface area contributed by atoms with Gasteiger partial charge in [-0.2, -0.15) is 0 Å². The topological polar surface area (TPSA) is 69.4 Å². The number of pyridine rings is 1. The molecular weight excluding hydrogens is 350 g/mol. The molecule has 3 rings (SSSR count). The van der Waals surface area contributed by atoms with E-state index in [1.165, 1.54) is 0 Å². The molecule has 0 radical (unpaired) electrons. The monoisotopic (exact) mass is 379 g/mol. The predicted molar refractivity (Wildman–Crippen MR) is 115 cm³/mol. The molecule has 0 saturated carbocycles. The van der Waals surface area contributed by atoms with Gasteiger partial charge < -0.3 is 20.5 Å². The lowest BCUT2D eigenvalue weighted by Crippen LogP contribution is -2.17. The van der Waals surface area contributed by atoms with E-state index in [2.05, 4.69) is 35.4 Å². The lowest BCUT2D eigenvalue weighted by atomic mass is 10.1. The van der Waals surface area contributed by atoms with Crippen LogP contribution in [-0.4, -0.2) is 30.8 Å². The number of rotatable bonds is 11. The maximum absolute atomic E-state index is 5.94. The Bertz CT molecular complexity index is 855. The minimum Gasteiger partial charge on any atom is -0.491 e. The summed E-state index contributed by atoms with van der Waals surface area (Å²) in [5.41, 5.74) is 8.74. The second-order valence-corrected chi connectivity index (χ2v) is 6.91. The van der Waals surface area contributed by atoms with E-state index in [0.29, 0.717) is 32.4 Å². The van der Waals surface area contributed by atoms with Gasteiger partial charge in [-0.15, -0.1) is 0 Å². The molecule has 5 nitrogen and oxygen atoms in total. The highest BCUT2D eigenvalue weighted by atomic mass is 16.5. The zero-order valence-electron chi connectivity index (χ0n) is 16.4. The van der Waals surface area contributed by atoms with Crippen molar-refractivity contribution in [1.29, 1.82) is 0 Å². The molecule has 2 aromatic carbocycles. The van der Waals surface area contributed by atoms with Crippen LogP contribution in [0.1, 0.15) is 25.3 Å². The molecule has 0 spiro atoms. The lowest BCUT2D eigenvalue weighted by molar-refractivity contribution is 0.0890. The first kappa shape index (κ1) is 20.1. The highest BCUT2D eigenvalue weighted by molar-refractivity contribution is 5.91.